The first kappa shape index (κ1) is 19.1. The number of aryl methyl sites for hydroxylation is 1. The summed E-state index contributed by atoms with van der Waals surface area (Å²) in [6.07, 6.45) is 3.76. The highest BCUT2D eigenvalue weighted by molar-refractivity contribution is 6.12. The van der Waals surface area contributed by atoms with E-state index in [1.54, 1.807) is 6.92 Å². The molecule has 7 nitrogen and oxygen atoms in total. The van der Waals surface area contributed by atoms with Crippen molar-refractivity contribution in [1.82, 2.24) is 9.88 Å². The van der Waals surface area contributed by atoms with E-state index in [2.05, 4.69) is 4.98 Å². The number of carbonyl (C=O) groups excluding carboxylic acids is 4. The van der Waals surface area contributed by atoms with Gasteiger partial charge in [0.15, 0.2) is 6.10 Å². The van der Waals surface area contributed by atoms with Crippen LogP contribution in [0.25, 0.3) is 10.9 Å². The fourth-order valence-corrected chi connectivity index (χ4v) is 4.24. The summed E-state index contributed by atoms with van der Waals surface area (Å²) in [5.74, 6) is -2.57. The number of ether oxygens (including phenoxy) is 1. The van der Waals surface area contributed by atoms with Crippen LogP contribution in [0.5, 0.6) is 0 Å². The van der Waals surface area contributed by atoms with E-state index in [1.807, 2.05) is 36.4 Å². The first-order chi connectivity index (χ1) is 13.9. The molecule has 4 rings (SSSR count). The van der Waals surface area contributed by atoms with E-state index in [-0.39, 0.29) is 17.6 Å². The van der Waals surface area contributed by atoms with Crippen LogP contribution < -0.4 is 0 Å². The number of imide groups is 1. The number of allylic oxidation sites excluding steroid dienone is 2. The van der Waals surface area contributed by atoms with Gasteiger partial charge in [0.1, 0.15) is 6.54 Å². The molecule has 1 aliphatic carbocycles. The van der Waals surface area contributed by atoms with E-state index in [0.717, 1.165) is 15.8 Å². The molecule has 1 aromatic heterocycles. The van der Waals surface area contributed by atoms with Crippen molar-refractivity contribution in [1.29, 1.82) is 0 Å². The molecule has 0 bridgehead atoms. The quantitative estimate of drug-likeness (QED) is 0.364. The number of ketones is 1. The molecule has 1 aliphatic heterocycles. The molecule has 2 heterocycles. The summed E-state index contributed by atoms with van der Waals surface area (Å²) < 4.78 is 5.29. The van der Waals surface area contributed by atoms with Gasteiger partial charge in [-0.1, -0.05) is 30.4 Å². The summed E-state index contributed by atoms with van der Waals surface area (Å²) in [4.78, 5) is 54.4. The predicted octanol–water partition coefficient (Wildman–Crippen LogP) is 2.54. The molecule has 2 amide bonds. The molecule has 1 saturated heterocycles. The molecule has 2 aromatic rings. The van der Waals surface area contributed by atoms with Crippen LogP contribution >= 0.6 is 0 Å². The van der Waals surface area contributed by atoms with E-state index < -0.39 is 30.5 Å². The lowest BCUT2D eigenvalue weighted by molar-refractivity contribution is -0.154. The normalized spacial score (nSPS) is 22.1. The monoisotopic (exact) mass is 394 g/mol. The van der Waals surface area contributed by atoms with Crippen molar-refractivity contribution < 1.29 is 23.9 Å². The maximum absolute atomic E-state index is 12.9. The number of hydrogen-bond acceptors (Lipinski definition) is 5. The number of esters is 1. The maximum atomic E-state index is 12.9. The van der Waals surface area contributed by atoms with Crippen molar-refractivity contribution in [3.05, 3.63) is 47.7 Å². The molecule has 1 N–H and O–H groups in total. The zero-order valence-electron chi connectivity index (χ0n) is 16.3. The minimum atomic E-state index is -1.03. The summed E-state index contributed by atoms with van der Waals surface area (Å²) in [5.41, 5.74) is 2.00. The number of para-hydroxylation sites is 1. The number of aromatic nitrogens is 1. The van der Waals surface area contributed by atoms with Crippen LogP contribution in [0.2, 0.25) is 0 Å². The number of H-pyrrole nitrogens is 1. The largest absolute Gasteiger partial charge is 0.453 e. The molecular weight excluding hydrogens is 372 g/mol. The SMILES string of the molecule is Cc1[nH]c2ccccc2c1C(=O)[C@@H](C)OC(=O)CN1C(=O)[C@H]2CC=CC[C@@H]2C1=O. The second kappa shape index (κ2) is 7.31. The molecule has 2 aliphatic rings. The number of benzene rings is 1. The zero-order chi connectivity index (χ0) is 20.7. The van der Waals surface area contributed by atoms with Crippen molar-refractivity contribution in [3.8, 4) is 0 Å². The maximum Gasteiger partial charge on any atom is 0.326 e. The van der Waals surface area contributed by atoms with Gasteiger partial charge in [-0.05, 0) is 32.8 Å². The van der Waals surface area contributed by atoms with Crippen molar-refractivity contribution in [2.75, 3.05) is 6.54 Å². The Morgan fingerprint density at radius 1 is 1.14 bits per heavy atom. The van der Waals surface area contributed by atoms with Crippen LogP contribution in [0.3, 0.4) is 0 Å². The Bertz CT molecular complexity index is 1020. The van der Waals surface area contributed by atoms with E-state index in [1.165, 1.54) is 6.92 Å². The summed E-state index contributed by atoms with van der Waals surface area (Å²) in [6.45, 7) is 2.83. The van der Waals surface area contributed by atoms with Gasteiger partial charge < -0.3 is 9.72 Å². The van der Waals surface area contributed by atoms with E-state index >= 15 is 0 Å². The van der Waals surface area contributed by atoms with Gasteiger partial charge in [0.25, 0.3) is 0 Å². The number of nitrogens with one attached hydrogen (secondary N) is 1. The Labute approximate surface area is 167 Å². The van der Waals surface area contributed by atoms with Gasteiger partial charge in [-0.15, -0.1) is 0 Å². The molecule has 0 unspecified atom stereocenters. The third-order valence-electron chi connectivity index (χ3n) is 5.70. The van der Waals surface area contributed by atoms with Crippen molar-refractivity contribution in [2.45, 2.75) is 32.8 Å². The molecule has 3 atom stereocenters. The van der Waals surface area contributed by atoms with Crippen molar-refractivity contribution >= 4 is 34.5 Å². The predicted molar refractivity (Wildman–Crippen MR) is 105 cm³/mol. The molecule has 1 aromatic carbocycles. The highest BCUT2D eigenvalue weighted by atomic mass is 16.5. The smallest absolute Gasteiger partial charge is 0.326 e. The first-order valence-corrected chi connectivity index (χ1v) is 9.69. The van der Waals surface area contributed by atoms with Gasteiger partial charge in [0.2, 0.25) is 17.6 Å². The third-order valence-corrected chi connectivity index (χ3v) is 5.70. The number of likely N-dealkylation sites (tertiary alicyclic amines) is 1. The number of Topliss-reactive ketones (excluding diaryl/α,β-unsaturated/α-hetero) is 1. The Kier molecular flexibility index (Phi) is 4.82. The summed E-state index contributed by atoms with van der Waals surface area (Å²) in [6, 6.07) is 7.40. The molecule has 0 spiro atoms. The van der Waals surface area contributed by atoms with Crippen LogP contribution in [-0.4, -0.2) is 46.1 Å². The second-order valence-corrected chi connectivity index (χ2v) is 7.59. The van der Waals surface area contributed by atoms with Gasteiger partial charge >= 0.3 is 5.97 Å². The lowest BCUT2D eigenvalue weighted by atomic mass is 9.85. The van der Waals surface area contributed by atoms with Gasteiger partial charge in [-0.2, -0.15) is 0 Å². The summed E-state index contributed by atoms with van der Waals surface area (Å²) in [5, 5.41) is 0.763. The zero-order valence-corrected chi connectivity index (χ0v) is 16.3. The highest BCUT2D eigenvalue weighted by Gasteiger charge is 2.48. The van der Waals surface area contributed by atoms with Crippen molar-refractivity contribution in [3.63, 3.8) is 0 Å². The van der Waals surface area contributed by atoms with Crippen molar-refractivity contribution in [2.24, 2.45) is 11.8 Å². The Morgan fingerprint density at radius 2 is 1.76 bits per heavy atom. The van der Waals surface area contributed by atoms with Gasteiger partial charge in [0, 0.05) is 22.2 Å². The molecule has 1 fully saturated rings. The van der Waals surface area contributed by atoms with Crippen LogP contribution in [-0.2, 0) is 19.1 Å². The average Bonchev–Trinajstić information content (AvgIpc) is 3.16. The lowest BCUT2D eigenvalue weighted by Crippen LogP contribution is -2.38. The van der Waals surface area contributed by atoms with Gasteiger partial charge in [0.05, 0.1) is 11.8 Å². The average molecular weight is 394 g/mol. The topological polar surface area (TPSA) is 96.5 Å². The number of fused-ring (bicyclic) bond motifs is 2. The van der Waals surface area contributed by atoms with E-state index in [9.17, 15) is 19.2 Å². The summed E-state index contributed by atoms with van der Waals surface area (Å²) >= 11 is 0. The van der Waals surface area contributed by atoms with Crippen LogP contribution in [0.15, 0.2) is 36.4 Å². The van der Waals surface area contributed by atoms with E-state index in [4.69, 9.17) is 4.74 Å². The molecule has 150 valence electrons. The fourth-order valence-electron chi connectivity index (χ4n) is 4.24. The third kappa shape index (κ3) is 3.26. The standard InChI is InChI=1S/C22H22N2O5/c1-12-19(16-9-5-6-10-17(16)23-12)20(26)13(2)29-18(25)11-24-21(27)14-7-3-4-8-15(14)22(24)28/h3-6,9-10,13-15,23H,7-8,11H2,1-2H3/t13-,14+,15+/m1/s1. The molecule has 29 heavy (non-hydrogen) atoms. The van der Waals surface area contributed by atoms with Crippen LogP contribution in [0, 0.1) is 18.8 Å². The number of rotatable bonds is 5. The van der Waals surface area contributed by atoms with Gasteiger partial charge in [-0.3, -0.25) is 24.1 Å². The summed E-state index contributed by atoms with van der Waals surface area (Å²) in [7, 11) is 0. The number of hydrogen-bond donors (Lipinski definition) is 1. The lowest BCUT2D eigenvalue weighted by Gasteiger charge is -2.17. The molecule has 7 heteroatoms. The minimum absolute atomic E-state index is 0.328. The van der Waals surface area contributed by atoms with Gasteiger partial charge in [-0.25, -0.2) is 0 Å². The molecule has 0 radical (unpaired) electrons. The molecule has 0 saturated carbocycles. The Morgan fingerprint density at radius 3 is 2.41 bits per heavy atom. The Hall–Kier alpha value is -3.22. The molecular formula is C22H22N2O5. The highest BCUT2D eigenvalue weighted by Crippen LogP contribution is 2.35. The minimum Gasteiger partial charge on any atom is -0.453 e. The Balaban J connectivity index is 1.44. The number of aromatic amines is 1. The van der Waals surface area contributed by atoms with Crippen LogP contribution in [0.1, 0.15) is 35.8 Å². The first-order valence-electron chi connectivity index (χ1n) is 9.69. The van der Waals surface area contributed by atoms with Crippen LogP contribution in [0.4, 0.5) is 0 Å². The number of carbonyl (C=O) groups is 4. The number of nitrogens with zero attached hydrogens (tertiary/aromatic N) is 1. The number of amides is 2. The second-order valence-electron chi connectivity index (χ2n) is 7.59. The fraction of sp³-hybridized carbons (Fsp3) is 0.364. The van der Waals surface area contributed by atoms with E-state index in [0.29, 0.717) is 24.1 Å².